The van der Waals surface area contributed by atoms with E-state index in [1.807, 2.05) is 12.3 Å². The molecule has 0 unspecified atom stereocenters. The van der Waals surface area contributed by atoms with Crippen molar-refractivity contribution in [2.24, 2.45) is 16.8 Å². The predicted octanol–water partition coefficient (Wildman–Crippen LogP) is 3.81. The number of anilines is 1. The van der Waals surface area contributed by atoms with E-state index in [9.17, 15) is 0 Å². The van der Waals surface area contributed by atoms with Gasteiger partial charge in [0.25, 0.3) is 0 Å². The topological polar surface area (TPSA) is 61.8 Å². The summed E-state index contributed by atoms with van der Waals surface area (Å²) in [5, 5.41) is 7.09. The lowest BCUT2D eigenvalue weighted by Gasteiger charge is -2.32. The molecular weight excluding hydrogens is 477 g/mol. The van der Waals surface area contributed by atoms with Crippen molar-refractivity contribution >= 4 is 35.8 Å². The summed E-state index contributed by atoms with van der Waals surface area (Å²) < 4.78 is 5.48. The molecule has 7 heteroatoms. The summed E-state index contributed by atoms with van der Waals surface area (Å²) in [7, 11) is 0. The van der Waals surface area contributed by atoms with Crippen LogP contribution in [-0.2, 0) is 11.3 Å². The lowest BCUT2D eigenvalue weighted by Crippen LogP contribution is -2.45. The van der Waals surface area contributed by atoms with Crippen molar-refractivity contribution in [1.82, 2.24) is 15.6 Å². The molecule has 0 amide bonds. The highest BCUT2D eigenvalue weighted by atomic mass is 127. The number of ether oxygens (including phenoxy) is 1. The molecule has 1 saturated carbocycles. The molecule has 2 heterocycles. The molecule has 0 spiro atoms. The summed E-state index contributed by atoms with van der Waals surface area (Å²) in [6.45, 7) is 11.7. The zero-order valence-corrected chi connectivity index (χ0v) is 20.5. The normalized spacial score (nSPS) is 22.9. The van der Waals surface area contributed by atoms with Crippen molar-refractivity contribution in [1.29, 1.82) is 0 Å². The van der Waals surface area contributed by atoms with Crippen LogP contribution < -0.4 is 15.5 Å². The van der Waals surface area contributed by atoms with E-state index in [0.717, 1.165) is 56.5 Å². The number of nitrogens with zero attached hydrogens (tertiary/aromatic N) is 3. The molecule has 1 saturated heterocycles. The standard InChI is InChI=1S/C22H37N5O.HI/c1-4-23-22(26-20-9-7-18(8-10-20)17(2)3)25-16-19-6-5-11-24-21(19)27-12-14-28-15-13-27;/h5-6,11,17-18,20H,4,7-10,12-16H2,1-3H3,(H2,23,25,26);1H. The zero-order chi connectivity index (χ0) is 19.8. The van der Waals surface area contributed by atoms with Crippen molar-refractivity contribution in [2.75, 3.05) is 37.7 Å². The number of rotatable bonds is 6. The summed E-state index contributed by atoms with van der Waals surface area (Å²) in [6.07, 6.45) is 6.98. The Hall–Kier alpha value is -1.09. The first-order chi connectivity index (χ1) is 13.7. The maximum atomic E-state index is 5.48. The second kappa shape index (κ2) is 12.6. The van der Waals surface area contributed by atoms with Crippen LogP contribution in [0.1, 0.15) is 52.0 Å². The molecule has 29 heavy (non-hydrogen) atoms. The third-order valence-corrected chi connectivity index (χ3v) is 5.99. The highest BCUT2D eigenvalue weighted by molar-refractivity contribution is 14.0. The first kappa shape index (κ1) is 24.2. The van der Waals surface area contributed by atoms with E-state index >= 15 is 0 Å². The molecule has 164 valence electrons. The van der Waals surface area contributed by atoms with Gasteiger partial charge in [0, 0.05) is 37.4 Å². The highest BCUT2D eigenvalue weighted by Gasteiger charge is 2.23. The lowest BCUT2D eigenvalue weighted by molar-refractivity contribution is 0.122. The quantitative estimate of drug-likeness (QED) is 0.343. The van der Waals surface area contributed by atoms with Crippen LogP contribution in [0.2, 0.25) is 0 Å². The van der Waals surface area contributed by atoms with E-state index in [0.29, 0.717) is 12.6 Å². The molecule has 0 atom stereocenters. The van der Waals surface area contributed by atoms with E-state index < -0.39 is 0 Å². The molecule has 1 aromatic rings. The molecular formula is C22H38IN5O. The van der Waals surface area contributed by atoms with Crippen LogP contribution in [0.3, 0.4) is 0 Å². The van der Waals surface area contributed by atoms with Crippen LogP contribution in [0, 0.1) is 11.8 Å². The van der Waals surface area contributed by atoms with E-state index in [1.165, 1.54) is 31.2 Å². The maximum absolute atomic E-state index is 5.48. The second-order valence-electron chi connectivity index (χ2n) is 8.28. The Kier molecular flexibility index (Phi) is 10.5. The summed E-state index contributed by atoms with van der Waals surface area (Å²) in [5.74, 6) is 3.64. The molecule has 1 aromatic heterocycles. The van der Waals surface area contributed by atoms with Crippen molar-refractivity contribution in [3.8, 4) is 0 Å². The largest absolute Gasteiger partial charge is 0.378 e. The first-order valence-corrected chi connectivity index (χ1v) is 11.0. The number of hydrogen-bond acceptors (Lipinski definition) is 4. The third kappa shape index (κ3) is 7.27. The minimum atomic E-state index is 0. The minimum absolute atomic E-state index is 0. The van der Waals surface area contributed by atoms with Gasteiger partial charge < -0.3 is 20.3 Å². The summed E-state index contributed by atoms with van der Waals surface area (Å²) in [6, 6.07) is 4.67. The van der Waals surface area contributed by atoms with Gasteiger partial charge in [0.2, 0.25) is 0 Å². The van der Waals surface area contributed by atoms with Crippen LogP contribution >= 0.6 is 24.0 Å². The van der Waals surface area contributed by atoms with Gasteiger partial charge in [-0.05, 0) is 50.5 Å². The van der Waals surface area contributed by atoms with Crippen LogP contribution in [-0.4, -0.2) is 49.8 Å². The fourth-order valence-corrected chi connectivity index (χ4v) is 4.22. The molecule has 0 aromatic carbocycles. The molecule has 0 bridgehead atoms. The maximum Gasteiger partial charge on any atom is 0.191 e. The number of hydrogen-bond donors (Lipinski definition) is 2. The van der Waals surface area contributed by atoms with Crippen molar-refractivity contribution in [3.63, 3.8) is 0 Å². The van der Waals surface area contributed by atoms with E-state index in [4.69, 9.17) is 9.73 Å². The number of nitrogens with one attached hydrogen (secondary N) is 2. The Bertz CT molecular complexity index is 625. The molecule has 6 nitrogen and oxygen atoms in total. The Labute approximate surface area is 193 Å². The van der Waals surface area contributed by atoms with Crippen molar-refractivity contribution in [3.05, 3.63) is 23.9 Å². The van der Waals surface area contributed by atoms with Gasteiger partial charge in [-0.2, -0.15) is 0 Å². The van der Waals surface area contributed by atoms with E-state index in [-0.39, 0.29) is 24.0 Å². The highest BCUT2D eigenvalue weighted by Crippen LogP contribution is 2.29. The van der Waals surface area contributed by atoms with Gasteiger partial charge in [-0.15, -0.1) is 24.0 Å². The fourth-order valence-electron chi connectivity index (χ4n) is 4.22. The number of guanidine groups is 1. The first-order valence-electron chi connectivity index (χ1n) is 11.0. The van der Waals surface area contributed by atoms with Gasteiger partial charge in [-0.25, -0.2) is 9.98 Å². The van der Waals surface area contributed by atoms with Crippen LogP contribution in [0.4, 0.5) is 5.82 Å². The van der Waals surface area contributed by atoms with Gasteiger partial charge in [0.05, 0.1) is 19.8 Å². The molecule has 0 radical (unpaired) electrons. The average Bonchev–Trinajstić information content (AvgIpc) is 2.73. The number of aromatic nitrogens is 1. The molecule has 2 N–H and O–H groups in total. The number of morpholine rings is 1. The Morgan fingerprint density at radius 1 is 1.24 bits per heavy atom. The fraction of sp³-hybridized carbons (Fsp3) is 0.727. The monoisotopic (exact) mass is 515 g/mol. The van der Waals surface area contributed by atoms with Gasteiger partial charge in [0.15, 0.2) is 5.96 Å². The van der Waals surface area contributed by atoms with Crippen molar-refractivity contribution in [2.45, 2.75) is 59.0 Å². The molecule has 3 rings (SSSR count). The van der Waals surface area contributed by atoms with Gasteiger partial charge in [0.1, 0.15) is 5.82 Å². The third-order valence-electron chi connectivity index (χ3n) is 5.99. The number of halogens is 1. The Morgan fingerprint density at radius 2 is 1.97 bits per heavy atom. The molecule has 2 aliphatic rings. The van der Waals surface area contributed by atoms with Gasteiger partial charge in [-0.3, -0.25) is 0 Å². The van der Waals surface area contributed by atoms with E-state index in [1.54, 1.807) is 0 Å². The zero-order valence-electron chi connectivity index (χ0n) is 18.2. The number of pyridine rings is 1. The van der Waals surface area contributed by atoms with Crippen LogP contribution in [0.15, 0.2) is 23.3 Å². The molecule has 1 aliphatic heterocycles. The smallest absolute Gasteiger partial charge is 0.191 e. The van der Waals surface area contributed by atoms with Gasteiger partial charge >= 0.3 is 0 Å². The van der Waals surface area contributed by atoms with Crippen LogP contribution in [0.25, 0.3) is 0 Å². The Morgan fingerprint density at radius 3 is 2.62 bits per heavy atom. The van der Waals surface area contributed by atoms with Gasteiger partial charge in [-0.1, -0.05) is 19.9 Å². The minimum Gasteiger partial charge on any atom is -0.378 e. The van der Waals surface area contributed by atoms with Crippen LogP contribution in [0.5, 0.6) is 0 Å². The average molecular weight is 515 g/mol. The summed E-state index contributed by atoms with van der Waals surface area (Å²) >= 11 is 0. The second-order valence-corrected chi connectivity index (χ2v) is 8.28. The predicted molar refractivity (Wildman–Crippen MR) is 131 cm³/mol. The lowest BCUT2D eigenvalue weighted by atomic mass is 9.80. The SMILES string of the molecule is CCNC(=NCc1cccnc1N1CCOCC1)NC1CCC(C(C)C)CC1.I. The Balaban J connectivity index is 0.00000300. The van der Waals surface area contributed by atoms with Crippen molar-refractivity contribution < 1.29 is 4.74 Å². The molecule has 1 aliphatic carbocycles. The summed E-state index contributed by atoms with van der Waals surface area (Å²) in [4.78, 5) is 11.8. The molecule has 2 fully saturated rings. The summed E-state index contributed by atoms with van der Waals surface area (Å²) in [5.41, 5.74) is 1.17. The van der Waals surface area contributed by atoms with E-state index in [2.05, 4.69) is 47.4 Å². The number of aliphatic imine (C=N–C) groups is 1.